The van der Waals surface area contributed by atoms with Gasteiger partial charge in [0.1, 0.15) is 0 Å². The fourth-order valence-corrected chi connectivity index (χ4v) is 0. The first-order valence-electron chi connectivity index (χ1n) is 0.908. The molecule has 5 heteroatoms. The van der Waals surface area contributed by atoms with Gasteiger partial charge in [0, 0.05) is 22.5 Å². The van der Waals surface area contributed by atoms with E-state index in [0.717, 1.165) is 6.92 Å². The second kappa shape index (κ2) is 15.9. The molecule has 0 aliphatic heterocycles. The smallest absolute Gasteiger partial charge is 1.00 e. The normalized spacial score (nSPS) is 3.57. The van der Waals surface area contributed by atoms with Crippen molar-refractivity contribution in [2.75, 3.05) is 0 Å². The third-order valence-electron chi connectivity index (χ3n) is 0. The van der Waals surface area contributed by atoms with Crippen molar-refractivity contribution in [3.8, 4) is 0 Å². The molecule has 0 bridgehead atoms. The molecule has 0 aromatic rings. The van der Waals surface area contributed by atoms with Crippen LogP contribution in [-0.4, -0.2) is 5.97 Å². The van der Waals surface area contributed by atoms with Crippen LogP contribution in [-0.2, 0) is 38.4 Å². The van der Waals surface area contributed by atoms with Crippen molar-refractivity contribution in [1.82, 2.24) is 0 Å². The molecule has 0 aromatic heterocycles. The fourth-order valence-electron chi connectivity index (χ4n) is 0. The molecule has 0 spiro atoms. The molecule has 0 saturated heterocycles. The van der Waals surface area contributed by atoms with E-state index in [1.807, 2.05) is 0 Å². The van der Waals surface area contributed by atoms with Gasteiger partial charge in [-0.05, 0) is 6.92 Å². The van der Waals surface area contributed by atoms with Gasteiger partial charge in [-0.3, -0.25) is 0 Å². The van der Waals surface area contributed by atoms with E-state index in [4.69, 9.17) is 9.90 Å². The quantitative estimate of drug-likeness (QED) is 0.385. The van der Waals surface area contributed by atoms with Crippen LogP contribution in [0, 0.1) is 0 Å². The van der Waals surface area contributed by atoms with Crippen molar-refractivity contribution >= 4 is 5.97 Å². The number of carboxylic acid groups (broad SMARTS) is 1. The summed E-state index contributed by atoms with van der Waals surface area (Å²) in [5, 5.41) is 8.89. The maximum Gasteiger partial charge on any atom is 2.00 e. The Morgan fingerprint density at radius 1 is 1.57 bits per heavy atom. The Labute approximate surface area is 68.9 Å². The summed E-state index contributed by atoms with van der Waals surface area (Å²) in [6, 6.07) is 0. The number of aliphatic carboxylic acids is 1. The Kier molecular flexibility index (Phi) is 56.7. The fraction of sp³-hybridized carbons (Fsp3) is 0.500. The topological polar surface area (TPSA) is 40.1 Å². The number of hydrogen-bond donors (Lipinski definition) is 0. The van der Waals surface area contributed by atoms with E-state index in [-0.39, 0.29) is 46.0 Å². The molecule has 0 aromatic carbocycles. The number of hydrogen-bond acceptors (Lipinski definition) is 2. The molecule has 0 aliphatic carbocycles. The molecule has 0 aliphatic rings. The molecule has 0 saturated carbocycles. The van der Waals surface area contributed by atoms with E-state index < -0.39 is 5.97 Å². The first-order valence-corrected chi connectivity index (χ1v) is 0.908. The van der Waals surface area contributed by atoms with Gasteiger partial charge in [-0.1, -0.05) is 0 Å². The molecule has 0 rings (SSSR count). The van der Waals surface area contributed by atoms with Gasteiger partial charge in [-0.2, -0.15) is 0 Å². The maximum absolute atomic E-state index is 8.89. The van der Waals surface area contributed by atoms with Gasteiger partial charge in [0.05, 0.1) is 0 Å². The van der Waals surface area contributed by atoms with Gasteiger partial charge in [0.2, 0.25) is 0 Å². The van der Waals surface area contributed by atoms with Crippen molar-refractivity contribution in [3.63, 3.8) is 0 Å². The Balaban J connectivity index is -0.0000000150. The predicted octanol–water partition coefficient (Wildman–Crippen LogP) is -4.24. The zero-order valence-corrected chi connectivity index (χ0v) is 6.00. The summed E-state index contributed by atoms with van der Waals surface area (Å²) in [6.07, 6.45) is 0. The maximum atomic E-state index is 8.89. The van der Waals surface area contributed by atoms with Crippen molar-refractivity contribution < 1.29 is 55.9 Å². The minimum Gasteiger partial charge on any atom is -1.00 e. The molecule has 7 heavy (non-hydrogen) atoms. The summed E-state index contributed by atoms with van der Waals surface area (Å²) in [5.74, 6) is -1.08. The van der Waals surface area contributed by atoms with Gasteiger partial charge in [0.15, 0.2) is 0 Å². The number of halogens is 1. The van der Waals surface area contributed by atoms with Gasteiger partial charge in [-0.25, -0.2) is 0 Å². The summed E-state index contributed by atoms with van der Waals surface area (Å²) in [4.78, 5) is 8.89. The third kappa shape index (κ3) is 258. The Morgan fingerprint density at radius 2 is 1.57 bits per heavy atom. The van der Waals surface area contributed by atoms with Crippen LogP contribution in [0.4, 0.5) is 0 Å². The monoisotopic (exact) mass is 215 g/mol. The number of carbonyl (C=O) groups is 1. The Bertz CT molecular complexity index is 38.7. The van der Waals surface area contributed by atoms with Crippen LogP contribution in [0.3, 0.4) is 0 Å². The number of carbonyl (C=O) groups excluding carboxylic acids is 1. The van der Waals surface area contributed by atoms with Crippen LogP contribution in [0.2, 0.25) is 0 Å². The molecular weight excluding hydrogens is 214 g/mol. The Morgan fingerprint density at radius 3 is 1.57 bits per heavy atom. The van der Waals surface area contributed by atoms with E-state index in [1.165, 1.54) is 0 Å². The molecule has 0 amide bonds. The molecule has 0 atom stereocenters. The standard InChI is InChI=1S/C2H4O2.ClH.Cu.Ni/c1-2(3)4;;;/h1H3,(H,3,4);1H;;/q;;+2;/p-2. The molecule has 51 valence electrons. The second-order valence-electron chi connectivity index (χ2n) is 0.492. The van der Waals surface area contributed by atoms with E-state index in [0.29, 0.717) is 0 Å². The first kappa shape index (κ1) is 25.0. The summed E-state index contributed by atoms with van der Waals surface area (Å²) in [6.45, 7) is 0.972. The largest absolute Gasteiger partial charge is 2.00 e. The molecule has 0 unspecified atom stereocenters. The molecule has 2 nitrogen and oxygen atoms in total. The van der Waals surface area contributed by atoms with Crippen LogP contribution in [0.25, 0.3) is 0 Å². The third-order valence-corrected chi connectivity index (χ3v) is 0. The van der Waals surface area contributed by atoms with Crippen LogP contribution in [0.15, 0.2) is 0 Å². The van der Waals surface area contributed by atoms with Crippen LogP contribution in [0.5, 0.6) is 0 Å². The summed E-state index contributed by atoms with van der Waals surface area (Å²) < 4.78 is 0. The molecule has 0 fully saturated rings. The summed E-state index contributed by atoms with van der Waals surface area (Å²) in [7, 11) is 0. The number of rotatable bonds is 0. The molecule has 0 N–H and O–H groups in total. The average molecular weight is 217 g/mol. The van der Waals surface area contributed by atoms with Crippen molar-refractivity contribution in [1.29, 1.82) is 0 Å². The van der Waals surface area contributed by atoms with Gasteiger partial charge in [-0.15, -0.1) is 0 Å². The SMILES string of the molecule is CC(=O)[O-].[Cl-].[Cu+2].[Ni]. The van der Waals surface area contributed by atoms with Gasteiger partial charge >= 0.3 is 17.1 Å². The van der Waals surface area contributed by atoms with Crippen molar-refractivity contribution in [2.24, 2.45) is 0 Å². The van der Waals surface area contributed by atoms with Crippen molar-refractivity contribution in [2.45, 2.75) is 6.92 Å². The van der Waals surface area contributed by atoms with Gasteiger partial charge < -0.3 is 22.3 Å². The molecular formula is C2H3ClCuNiO2. The van der Waals surface area contributed by atoms with Crippen LogP contribution in [0.1, 0.15) is 6.92 Å². The summed E-state index contributed by atoms with van der Waals surface area (Å²) in [5.41, 5.74) is 0. The zero-order chi connectivity index (χ0) is 3.58. The van der Waals surface area contributed by atoms with E-state index in [2.05, 4.69) is 0 Å². The number of carboxylic acids is 1. The van der Waals surface area contributed by atoms with Crippen LogP contribution >= 0.6 is 0 Å². The van der Waals surface area contributed by atoms with Crippen LogP contribution < -0.4 is 17.5 Å². The van der Waals surface area contributed by atoms with Crippen molar-refractivity contribution in [3.05, 3.63) is 0 Å². The van der Waals surface area contributed by atoms with Gasteiger partial charge in [0.25, 0.3) is 0 Å². The van der Waals surface area contributed by atoms with E-state index in [1.54, 1.807) is 0 Å². The first-order chi connectivity index (χ1) is 1.73. The van der Waals surface area contributed by atoms with E-state index in [9.17, 15) is 0 Å². The zero-order valence-electron chi connectivity index (χ0n) is 3.31. The molecule has 0 heterocycles. The summed E-state index contributed by atoms with van der Waals surface area (Å²) >= 11 is 0. The predicted molar refractivity (Wildman–Crippen MR) is 10.7 cm³/mol. The molecule has 1 radical (unpaired) electrons. The van der Waals surface area contributed by atoms with E-state index >= 15 is 0 Å². The Hall–Kier alpha value is 0.773. The second-order valence-corrected chi connectivity index (χ2v) is 0.492. The average Bonchev–Trinajstić information content (AvgIpc) is 0.811. The minimum absolute atomic E-state index is 0. The minimum atomic E-state index is -1.08.